The first kappa shape index (κ1) is 19.6. The molecule has 27 heavy (non-hydrogen) atoms. The molecule has 0 unspecified atom stereocenters. The average Bonchev–Trinajstić information content (AvgIpc) is 3.11. The van der Waals surface area contributed by atoms with Crippen LogP contribution in [0.25, 0.3) is 0 Å². The van der Waals surface area contributed by atoms with Gasteiger partial charge in [-0.15, -0.1) is 0 Å². The van der Waals surface area contributed by atoms with Crippen LogP contribution in [0.1, 0.15) is 44.8 Å². The Balaban J connectivity index is 1.62. The number of carbonyl (C=O) groups excluding carboxylic acids is 1. The molecule has 1 saturated heterocycles. The van der Waals surface area contributed by atoms with Crippen molar-refractivity contribution >= 4 is 21.6 Å². The van der Waals surface area contributed by atoms with Crippen LogP contribution in [0, 0.1) is 0 Å². The maximum atomic E-state index is 12.6. The SMILES string of the molecule is CC(C)n1ccc(CC(=O)Nc2ccc(S(=O)(=O)N3CCCCC3)cc2)n1. The second kappa shape index (κ2) is 8.22. The van der Waals surface area contributed by atoms with Crippen LogP contribution in [0.15, 0.2) is 41.4 Å². The number of nitrogens with one attached hydrogen (secondary N) is 1. The largest absolute Gasteiger partial charge is 0.326 e. The van der Waals surface area contributed by atoms with E-state index in [0.717, 1.165) is 19.3 Å². The van der Waals surface area contributed by atoms with E-state index in [-0.39, 0.29) is 23.3 Å². The Morgan fingerprint density at radius 3 is 2.37 bits per heavy atom. The number of amides is 1. The number of aromatic nitrogens is 2. The fraction of sp³-hybridized carbons (Fsp3) is 0.474. The van der Waals surface area contributed by atoms with Gasteiger partial charge in [-0.2, -0.15) is 9.40 Å². The first-order valence-corrected chi connectivity index (χ1v) is 10.7. The first-order valence-electron chi connectivity index (χ1n) is 9.30. The Morgan fingerprint density at radius 1 is 1.11 bits per heavy atom. The van der Waals surface area contributed by atoms with Crippen LogP contribution < -0.4 is 5.32 Å². The number of anilines is 1. The summed E-state index contributed by atoms with van der Waals surface area (Å²) in [6.45, 7) is 5.19. The summed E-state index contributed by atoms with van der Waals surface area (Å²) in [7, 11) is -3.45. The summed E-state index contributed by atoms with van der Waals surface area (Å²) in [6, 6.07) is 8.42. The zero-order valence-corrected chi connectivity index (χ0v) is 16.6. The van der Waals surface area contributed by atoms with Gasteiger partial charge in [0.25, 0.3) is 0 Å². The third kappa shape index (κ3) is 4.75. The van der Waals surface area contributed by atoms with E-state index < -0.39 is 10.0 Å². The molecule has 2 heterocycles. The number of hydrogen-bond donors (Lipinski definition) is 1. The molecular formula is C19H26N4O3S. The minimum absolute atomic E-state index is 0.174. The topological polar surface area (TPSA) is 84.3 Å². The molecule has 0 atom stereocenters. The van der Waals surface area contributed by atoms with Gasteiger partial charge in [-0.3, -0.25) is 9.48 Å². The van der Waals surface area contributed by atoms with E-state index >= 15 is 0 Å². The maximum Gasteiger partial charge on any atom is 0.243 e. The molecule has 0 spiro atoms. The third-order valence-corrected chi connectivity index (χ3v) is 6.54. The molecule has 1 aliphatic rings. The van der Waals surface area contributed by atoms with Crippen LogP contribution in [0.3, 0.4) is 0 Å². The Morgan fingerprint density at radius 2 is 1.78 bits per heavy atom. The van der Waals surface area contributed by atoms with Crippen molar-refractivity contribution in [3.63, 3.8) is 0 Å². The summed E-state index contributed by atoms with van der Waals surface area (Å²) in [5.74, 6) is -0.185. The predicted octanol–water partition coefficient (Wildman–Crippen LogP) is 2.82. The van der Waals surface area contributed by atoms with Crippen LogP contribution in [0.4, 0.5) is 5.69 Å². The fourth-order valence-electron chi connectivity index (χ4n) is 3.09. The van der Waals surface area contributed by atoms with E-state index in [2.05, 4.69) is 10.4 Å². The Hall–Kier alpha value is -2.19. The molecule has 1 aromatic heterocycles. The Kier molecular flexibility index (Phi) is 5.96. The summed E-state index contributed by atoms with van der Waals surface area (Å²) in [6.07, 6.45) is 4.91. The molecule has 0 bridgehead atoms. The van der Waals surface area contributed by atoms with Crippen molar-refractivity contribution in [2.24, 2.45) is 0 Å². The van der Waals surface area contributed by atoms with Crippen LogP contribution in [0.2, 0.25) is 0 Å². The molecule has 1 aromatic carbocycles. The Labute approximate surface area is 160 Å². The first-order chi connectivity index (χ1) is 12.9. The van der Waals surface area contributed by atoms with Gasteiger partial charge in [0.15, 0.2) is 0 Å². The number of piperidine rings is 1. The minimum Gasteiger partial charge on any atom is -0.326 e. The van der Waals surface area contributed by atoms with Gasteiger partial charge in [0.1, 0.15) is 0 Å². The Bertz CT molecular complexity index is 882. The zero-order valence-electron chi connectivity index (χ0n) is 15.8. The quantitative estimate of drug-likeness (QED) is 0.822. The summed E-state index contributed by atoms with van der Waals surface area (Å²) in [4.78, 5) is 12.5. The molecule has 0 aliphatic carbocycles. The second-order valence-electron chi connectivity index (χ2n) is 7.09. The molecular weight excluding hydrogens is 364 g/mol. The van der Waals surface area contributed by atoms with Crippen molar-refractivity contribution in [3.8, 4) is 0 Å². The minimum atomic E-state index is -3.45. The van der Waals surface area contributed by atoms with Crippen molar-refractivity contribution in [1.82, 2.24) is 14.1 Å². The van der Waals surface area contributed by atoms with Gasteiger partial charge in [0.2, 0.25) is 15.9 Å². The van der Waals surface area contributed by atoms with Crippen LogP contribution in [0.5, 0.6) is 0 Å². The van der Waals surface area contributed by atoms with Crippen LogP contribution >= 0.6 is 0 Å². The smallest absolute Gasteiger partial charge is 0.243 e. The predicted molar refractivity (Wildman–Crippen MR) is 104 cm³/mol. The van der Waals surface area contributed by atoms with Crippen molar-refractivity contribution in [2.45, 2.75) is 50.5 Å². The number of sulfonamides is 1. The molecule has 0 saturated carbocycles. The fourth-order valence-corrected chi connectivity index (χ4v) is 4.61. The monoisotopic (exact) mass is 390 g/mol. The van der Waals surface area contributed by atoms with E-state index in [9.17, 15) is 13.2 Å². The van der Waals surface area contributed by atoms with Crippen LogP contribution in [-0.4, -0.2) is 41.5 Å². The molecule has 8 heteroatoms. The van der Waals surface area contributed by atoms with E-state index in [0.29, 0.717) is 24.5 Å². The van der Waals surface area contributed by atoms with E-state index in [1.165, 1.54) is 4.31 Å². The van der Waals surface area contributed by atoms with Crippen molar-refractivity contribution in [1.29, 1.82) is 0 Å². The summed E-state index contributed by atoms with van der Waals surface area (Å²) in [5.41, 5.74) is 1.27. The van der Waals surface area contributed by atoms with Crippen molar-refractivity contribution in [3.05, 3.63) is 42.2 Å². The molecule has 1 amide bonds. The lowest BCUT2D eigenvalue weighted by molar-refractivity contribution is -0.115. The van der Waals surface area contributed by atoms with Crippen molar-refractivity contribution < 1.29 is 13.2 Å². The molecule has 0 radical (unpaired) electrons. The van der Waals surface area contributed by atoms with Gasteiger partial charge in [0, 0.05) is 31.0 Å². The van der Waals surface area contributed by atoms with Gasteiger partial charge in [-0.05, 0) is 57.0 Å². The number of benzene rings is 1. The lowest BCUT2D eigenvalue weighted by Crippen LogP contribution is -2.35. The third-order valence-electron chi connectivity index (χ3n) is 4.63. The van der Waals surface area contributed by atoms with Gasteiger partial charge in [-0.1, -0.05) is 6.42 Å². The average molecular weight is 391 g/mol. The molecule has 7 nitrogen and oxygen atoms in total. The van der Waals surface area contributed by atoms with Gasteiger partial charge in [-0.25, -0.2) is 8.42 Å². The zero-order chi connectivity index (χ0) is 19.4. The van der Waals surface area contributed by atoms with E-state index in [4.69, 9.17) is 0 Å². The van der Waals surface area contributed by atoms with Crippen molar-refractivity contribution in [2.75, 3.05) is 18.4 Å². The van der Waals surface area contributed by atoms with Gasteiger partial charge in [0.05, 0.1) is 17.0 Å². The van der Waals surface area contributed by atoms with Gasteiger partial charge < -0.3 is 5.32 Å². The normalized spacial score (nSPS) is 15.8. The second-order valence-corrected chi connectivity index (χ2v) is 9.03. The van der Waals surface area contributed by atoms with Crippen LogP contribution in [-0.2, 0) is 21.2 Å². The highest BCUT2D eigenvalue weighted by Crippen LogP contribution is 2.22. The highest BCUT2D eigenvalue weighted by Gasteiger charge is 2.25. The summed E-state index contributed by atoms with van der Waals surface area (Å²) >= 11 is 0. The lowest BCUT2D eigenvalue weighted by atomic mass is 10.2. The molecule has 1 N–H and O–H groups in total. The highest BCUT2D eigenvalue weighted by molar-refractivity contribution is 7.89. The highest BCUT2D eigenvalue weighted by atomic mass is 32.2. The molecule has 3 rings (SSSR count). The standard InChI is InChI=1S/C19H26N4O3S/c1-15(2)23-13-10-17(21-23)14-19(24)20-16-6-8-18(9-7-16)27(25,26)22-11-4-3-5-12-22/h6-10,13,15H,3-5,11-12,14H2,1-2H3,(H,20,24). The summed E-state index contributed by atoms with van der Waals surface area (Å²) < 4.78 is 28.6. The lowest BCUT2D eigenvalue weighted by Gasteiger charge is -2.25. The molecule has 1 aliphatic heterocycles. The maximum absolute atomic E-state index is 12.6. The molecule has 2 aromatic rings. The van der Waals surface area contributed by atoms with E-state index in [1.54, 1.807) is 24.3 Å². The van der Waals surface area contributed by atoms with E-state index in [1.807, 2.05) is 30.8 Å². The number of hydrogen-bond acceptors (Lipinski definition) is 4. The number of rotatable bonds is 6. The molecule has 146 valence electrons. The summed E-state index contributed by atoms with van der Waals surface area (Å²) in [5, 5.41) is 7.15. The molecule has 1 fully saturated rings. The number of carbonyl (C=O) groups is 1. The van der Waals surface area contributed by atoms with Gasteiger partial charge >= 0.3 is 0 Å². The number of nitrogens with zero attached hydrogens (tertiary/aromatic N) is 3.